The van der Waals surface area contributed by atoms with Crippen molar-refractivity contribution in [3.63, 3.8) is 0 Å². The maximum absolute atomic E-state index is 12.6. The summed E-state index contributed by atoms with van der Waals surface area (Å²) in [7, 11) is 2.20. The van der Waals surface area contributed by atoms with Gasteiger partial charge in [-0.2, -0.15) is 0 Å². The molecule has 5 nitrogen and oxygen atoms in total. The van der Waals surface area contributed by atoms with Crippen molar-refractivity contribution in [3.05, 3.63) is 48.4 Å². The van der Waals surface area contributed by atoms with E-state index in [-0.39, 0.29) is 6.03 Å². The number of carbonyl (C=O) groups excluding carboxylic acids is 1. The second kappa shape index (κ2) is 7.76. The van der Waals surface area contributed by atoms with E-state index in [0.717, 1.165) is 41.6 Å². The summed E-state index contributed by atoms with van der Waals surface area (Å²) in [5.41, 5.74) is 0.847. The Kier molecular flexibility index (Phi) is 5.22. The van der Waals surface area contributed by atoms with Gasteiger partial charge in [-0.3, -0.25) is 4.90 Å². The highest BCUT2D eigenvalue weighted by atomic mass is 32.2. The Balaban J connectivity index is 1.31. The minimum atomic E-state index is 0.0157. The average Bonchev–Trinajstić information content (AvgIpc) is 3.22. The van der Waals surface area contributed by atoms with Crippen molar-refractivity contribution in [1.82, 2.24) is 9.80 Å². The number of thioether (sulfide) groups is 1. The number of benzene rings is 1. The van der Waals surface area contributed by atoms with Gasteiger partial charge in [0.1, 0.15) is 5.76 Å². The number of rotatable bonds is 4. The highest BCUT2D eigenvalue weighted by Crippen LogP contribution is 2.29. The largest absolute Gasteiger partial charge is 0.468 e. The molecule has 0 spiro atoms. The summed E-state index contributed by atoms with van der Waals surface area (Å²) in [6.07, 6.45) is 5.24. The Morgan fingerprint density at radius 1 is 1.19 bits per heavy atom. The average molecular weight is 372 g/mol. The molecule has 0 radical (unpaired) electrons. The third-order valence-corrected chi connectivity index (χ3v) is 6.54. The summed E-state index contributed by atoms with van der Waals surface area (Å²) in [6.45, 7) is 1.67. The molecule has 1 N–H and O–H groups in total. The zero-order valence-corrected chi connectivity index (χ0v) is 15.9. The Morgan fingerprint density at radius 3 is 2.77 bits per heavy atom. The first-order valence-corrected chi connectivity index (χ1v) is 10.2. The van der Waals surface area contributed by atoms with E-state index >= 15 is 0 Å². The fourth-order valence-electron chi connectivity index (χ4n) is 3.88. The molecule has 2 saturated heterocycles. The molecule has 1 aromatic carbocycles. The number of fused-ring (bicyclic) bond motifs is 2. The van der Waals surface area contributed by atoms with E-state index in [1.54, 1.807) is 18.0 Å². The zero-order valence-electron chi connectivity index (χ0n) is 15.1. The molecule has 138 valence electrons. The van der Waals surface area contributed by atoms with E-state index in [0.29, 0.717) is 12.1 Å². The number of urea groups is 1. The Labute approximate surface area is 158 Å². The van der Waals surface area contributed by atoms with Gasteiger partial charge in [-0.05, 0) is 62.7 Å². The number of likely N-dealkylation sites (N-methyl/N-ethyl adjacent to an activating group) is 1. The molecule has 2 amide bonds. The molecule has 2 aromatic rings. The number of carbonyl (C=O) groups is 1. The van der Waals surface area contributed by atoms with Crippen LogP contribution < -0.4 is 5.32 Å². The number of nitrogens with zero attached hydrogens (tertiary/aromatic N) is 2. The van der Waals surface area contributed by atoms with Gasteiger partial charge in [0.05, 0.1) is 12.0 Å². The quantitative estimate of drug-likeness (QED) is 0.816. The van der Waals surface area contributed by atoms with Gasteiger partial charge < -0.3 is 14.6 Å². The number of anilines is 1. The number of amides is 2. The van der Waals surface area contributed by atoms with Crippen molar-refractivity contribution < 1.29 is 9.21 Å². The van der Waals surface area contributed by atoms with Crippen molar-refractivity contribution in [2.24, 2.45) is 0 Å². The van der Waals surface area contributed by atoms with Crippen LogP contribution >= 0.6 is 11.8 Å². The fraction of sp³-hybridized carbons (Fsp3) is 0.450. The lowest BCUT2D eigenvalue weighted by Crippen LogP contribution is -2.41. The minimum Gasteiger partial charge on any atom is -0.468 e. The molecule has 26 heavy (non-hydrogen) atoms. The molecule has 1 aromatic heterocycles. The summed E-state index contributed by atoms with van der Waals surface area (Å²) < 4.78 is 5.35. The van der Waals surface area contributed by atoms with E-state index in [1.807, 2.05) is 41.3 Å². The van der Waals surface area contributed by atoms with Gasteiger partial charge in [0, 0.05) is 35.8 Å². The number of hydrogen-bond donors (Lipinski definition) is 1. The number of hydrogen-bond acceptors (Lipinski definition) is 4. The maximum Gasteiger partial charge on any atom is 0.321 e. The normalized spacial score (nSPS) is 23.0. The highest BCUT2D eigenvalue weighted by Gasteiger charge is 2.35. The number of furan rings is 1. The summed E-state index contributed by atoms with van der Waals surface area (Å²) in [5.74, 6) is 1.77. The molecule has 0 unspecified atom stereocenters. The molecule has 2 fully saturated rings. The van der Waals surface area contributed by atoms with Gasteiger partial charge in [-0.25, -0.2) is 4.79 Å². The SMILES string of the molecule is CN1[C@H]2CC[C@@H]1CN(C(=O)Nc1ccc(SCc3ccco3)cc1)CC2. The Hall–Kier alpha value is -1.92. The summed E-state index contributed by atoms with van der Waals surface area (Å²) in [4.78, 5) is 18.2. The summed E-state index contributed by atoms with van der Waals surface area (Å²) in [6, 6.07) is 13.1. The van der Waals surface area contributed by atoms with Crippen LogP contribution in [0.25, 0.3) is 0 Å². The smallest absolute Gasteiger partial charge is 0.321 e. The first-order chi connectivity index (χ1) is 12.7. The standard InChI is InChI=1S/C20H25N3O2S/c1-22-16-6-7-17(22)13-23(11-10-16)20(24)21-15-4-8-19(9-5-15)26-14-18-3-2-12-25-18/h2-5,8-9,12,16-17H,6-7,10-11,13-14H2,1H3,(H,21,24)/t16-,17+/m0/s1. The molecule has 0 saturated carbocycles. The van der Waals surface area contributed by atoms with E-state index in [4.69, 9.17) is 4.42 Å². The van der Waals surface area contributed by atoms with Crippen LogP contribution in [0.4, 0.5) is 10.5 Å². The van der Waals surface area contributed by atoms with Crippen molar-refractivity contribution in [1.29, 1.82) is 0 Å². The fourth-order valence-corrected chi connectivity index (χ4v) is 4.68. The van der Waals surface area contributed by atoms with E-state index in [1.165, 1.54) is 12.8 Å². The molecular weight excluding hydrogens is 346 g/mol. The van der Waals surface area contributed by atoms with E-state index in [2.05, 4.69) is 17.3 Å². The summed E-state index contributed by atoms with van der Waals surface area (Å²) in [5, 5.41) is 3.05. The second-order valence-electron chi connectivity index (χ2n) is 7.11. The molecule has 6 heteroatoms. The van der Waals surface area contributed by atoms with Crippen LogP contribution in [-0.2, 0) is 5.75 Å². The third-order valence-electron chi connectivity index (χ3n) is 5.50. The Morgan fingerprint density at radius 2 is 2.00 bits per heavy atom. The van der Waals surface area contributed by atoms with Crippen LogP contribution in [-0.4, -0.2) is 48.1 Å². The first-order valence-electron chi connectivity index (χ1n) is 9.22. The zero-order chi connectivity index (χ0) is 17.9. The van der Waals surface area contributed by atoms with Gasteiger partial charge >= 0.3 is 6.03 Å². The second-order valence-corrected chi connectivity index (χ2v) is 8.16. The van der Waals surface area contributed by atoms with Crippen molar-refractivity contribution in [3.8, 4) is 0 Å². The van der Waals surface area contributed by atoms with Crippen LogP contribution in [0.1, 0.15) is 25.0 Å². The van der Waals surface area contributed by atoms with Crippen LogP contribution in [0, 0.1) is 0 Å². The van der Waals surface area contributed by atoms with Gasteiger partial charge in [-0.15, -0.1) is 11.8 Å². The van der Waals surface area contributed by atoms with Crippen LogP contribution in [0.5, 0.6) is 0 Å². The highest BCUT2D eigenvalue weighted by molar-refractivity contribution is 7.98. The van der Waals surface area contributed by atoms with Gasteiger partial charge in [0.2, 0.25) is 0 Å². The molecule has 0 aliphatic carbocycles. The van der Waals surface area contributed by atoms with Crippen molar-refractivity contribution in [2.75, 3.05) is 25.5 Å². The van der Waals surface area contributed by atoms with Gasteiger partial charge in [-0.1, -0.05) is 0 Å². The first kappa shape index (κ1) is 17.5. The van der Waals surface area contributed by atoms with Crippen molar-refractivity contribution >= 4 is 23.5 Å². The molecule has 4 rings (SSSR count). The lowest BCUT2D eigenvalue weighted by Gasteiger charge is -2.26. The van der Waals surface area contributed by atoms with Gasteiger partial charge in [0.15, 0.2) is 0 Å². The lowest BCUT2D eigenvalue weighted by molar-refractivity contribution is 0.200. The lowest BCUT2D eigenvalue weighted by atomic mass is 10.1. The monoisotopic (exact) mass is 371 g/mol. The number of nitrogens with one attached hydrogen (secondary N) is 1. The van der Waals surface area contributed by atoms with Gasteiger partial charge in [0.25, 0.3) is 0 Å². The van der Waals surface area contributed by atoms with Crippen molar-refractivity contribution in [2.45, 2.75) is 42.0 Å². The molecule has 3 heterocycles. The Bertz CT molecular complexity index is 732. The summed E-state index contributed by atoms with van der Waals surface area (Å²) >= 11 is 1.72. The molecule has 2 aliphatic rings. The van der Waals surface area contributed by atoms with E-state index < -0.39 is 0 Å². The third kappa shape index (κ3) is 3.91. The molecule has 2 atom stereocenters. The topological polar surface area (TPSA) is 48.7 Å². The van der Waals surface area contributed by atoms with Crippen LogP contribution in [0.3, 0.4) is 0 Å². The van der Waals surface area contributed by atoms with Crippen LogP contribution in [0.2, 0.25) is 0 Å². The predicted molar refractivity (Wildman–Crippen MR) is 104 cm³/mol. The minimum absolute atomic E-state index is 0.0157. The van der Waals surface area contributed by atoms with E-state index in [9.17, 15) is 4.79 Å². The molecule has 2 bridgehead atoms. The molecule has 2 aliphatic heterocycles. The number of likely N-dealkylation sites (tertiary alicyclic amines) is 1. The van der Waals surface area contributed by atoms with Crippen LogP contribution in [0.15, 0.2) is 52.0 Å². The maximum atomic E-state index is 12.6. The predicted octanol–water partition coefficient (Wildman–Crippen LogP) is 4.27. The molecular formula is C20H25N3O2S.